The van der Waals surface area contributed by atoms with E-state index in [4.69, 9.17) is 5.73 Å². The molecule has 0 bridgehead atoms. The minimum absolute atomic E-state index is 0.0322. The van der Waals surface area contributed by atoms with Crippen molar-refractivity contribution < 1.29 is 0 Å². The first kappa shape index (κ1) is 11.0. The summed E-state index contributed by atoms with van der Waals surface area (Å²) in [4.78, 5) is 14.5. The third-order valence-corrected chi connectivity index (χ3v) is 2.24. The van der Waals surface area contributed by atoms with E-state index < -0.39 is 0 Å². The fraction of sp³-hybridized carbons (Fsp3) is 0.545. The minimum Gasteiger partial charge on any atom is -0.325 e. The van der Waals surface area contributed by atoms with Crippen molar-refractivity contribution in [2.24, 2.45) is 5.73 Å². The van der Waals surface area contributed by atoms with E-state index in [-0.39, 0.29) is 17.0 Å². The summed E-state index contributed by atoms with van der Waals surface area (Å²) in [6.07, 6.45) is 0. The van der Waals surface area contributed by atoms with Crippen LogP contribution in [-0.2, 0) is 5.41 Å². The van der Waals surface area contributed by atoms with Gasteiger partial charge in [0.25, 0.3) is 5.56 Å². The summed E-state index contributed by atoms with van der Waals surface area (Å²) in [5.41, 5.74) is 7.12. The van der Waals surface area contributed by atoms with E-state index in [1.807, 2.05) is 12.1 Å². The molecule has 0 radical (unpaired) electrons. The van der Waals surface area contributed by atoms with Gasteiger partial charge in [0.1, 0.15) is 0 Å². The number of aromatic amines is 1. The smallest absolute Gasteiger partial charge is 0.252 e. The van der Waals surface area contributed by atoms with Crippen molar-refractivity contribution in [3.63, 3.8) is 0 Å². The van der Waals surface area contributed by atoms with Gasteiger partial charge < -0.3 is 10.7 Å². The molecule has 0 fully saturated rings. The second-order valence-corrected chi connectivity index (χ2v) is 4.70. The van der Waals surface area contributed by atoms with Gasteiger partial charge in [-0.2, -0.15) is 0 Å². The predicted molar refractivity (Wildman–Crippen MR) is 58.4 cm³/mol. The summed E-state index contributed by atoms with van der Waals surface area (Å²) < 4.78 is 0. The number of pyridine rings is 1. The zero-order valence-electron chi connectivity index (χ0n) is 9.22. The lowest BCUT2D eigenvalue weighted by Crippen LogP contribution is -2.24. The van der Waals surface area contributed by atoms with Crippen LogP contribution in [0.5, 0.6) is 0 Å². The molecule has 0 saturated carbocycles. The van der Waals surface area contributed by atoms with Gasteiger partial charge >= 0.3 is 0 Å². The minimum atomic E-state index is -0.215. The summed E-state index contributed by atoms with van der Waals surface area (Å²) in [6, 6.07) is 3.53. The van der Waals surface area contributed by atoms with Crippen LogP contribution in [0.1, 0.15) is 45.0 Å². The van der Waals surface area contributed by atoms with Crippen LogP contribution in [0.4, 0.5) is 0 Å². The van der Waals surface area contributed by atoms with E-state index in [0.29, 0.717) is 5.56 Å². The van der Waals surface area contributed by atoms with E-state index in [0.717, 1.165) is 5.69 Å². The lowest BCUT2D eigenvalue weighted by atomic mass is 9.91. The first-order chi connectivity index (χ1) is 6.32. The Morgan fingerprint density at radius 1 is 1.36 bits per heavy atom. The maximum atomic E-state index is 11.6. The van der Waals surface area contributed by atoms with Crippen molar-refractivity contribution >= 4 is 0 Å². The van der Waals surface area contributed by atoms with Crippen LogP contribution in [-0.4, -0.2) is 4.98 Å². The molecule has 0 aliphatic rings. The van der Waals surface area contributed by atoms with Crippen LogP contribution in [0.15, 0.2) is 16.9 Å². The largest absolute Gasteiger partial charge is 0.325 e. The maximum Gasteiger partial charge on any atom is 0.252 e. The molecule has 1 aromatic heterocycles. The van der Waals surface area contributed by atoms with Crippen LogP contribution in [0.3, 0.4) is 0 Å². The molecular weight excluding hydrogens is 176 g/mol. The number of hydrogen-bond acceptors (Lipinski definition) is 2. The molecule has 78 valence electrons. The molecule has 3 nitrogen and oxygen atoms in total. The van der Waals surface area contributed by atoms with Gasteiger partial charge in [0.2, 0.25) is 0 Å². The Morgan fingerprint density at radius 3 is 2.29 bits per heavy atom. The summed E-state index contributed by atoms with van der Waals surface area (Å²) in [6.45, 7) is 7.98. The van der Waals surface area contributed by atoms with Crippen molar-refractivity contribution in [2.75, 3.05) is 0 Å². The Bertz CT molecular complexity index is 372. The number of hydrogen-bond donors (Lipinski definition) is 2. The highest BCUT2D eigenvalue weighted by Gasteiger charge is 2.15. The second kappa shape index (κ2) is 3.58. The molecule has 3 N–H and O–H groups in total. The predicted octanol–water partition coefficient (Wildman–Crippen LogP) is 1.69. The Morgan fingerprint density at radius 2 is 1.93 bits per heavy atom. The first-order valence-corrected chi connectivity index (χ1v) is 4.81. The molecule has 0 saturated heterocycles. The molecule has 0 aromatic carbocycles. The van der Waals surface area contributed by atoms with Gasteiger partial charge in [-0.25, -0.2) is 0 Å². The molecule has 0 spiro atoms. The zero-order valence-corrected chi connectivity index (χ0v) is 9.22. The summed E-state index contributed by atoms with van der Waals surface area (Å²) in [5, 5.41) is 0. The van der Waals surface area contributed by atoms with Crippen molar-refractivity contribution in [1.82, 2.24) is 4.98 Å². The van der Waals surface area contributed by atoms with Crippen LogP contribution < -0.4 is 11.3 Å². The molecule has 3 heteroatoms. The van der Waals surface area contributed by atoms with Gasteiger partial charge in [0.05, 0.1) is 0 Å². The highest BCUT2D eigenvalue weighted by molar-refractivity contribution is 5.21. The lowest BCUT2D eigenvalue weighted by Gasteiger charge is -2.18. The van der Waals surface area contributed by atoms with Gasteiger partial charge in [-0.05, 0) is 13.0 Å². The van der Waals surface area contributed by atoms with Gasteiger partial charge in [-0.3, -0.25) is 4.79 Å². The van der Waals surface area contributed by atoms with Gasteiger partial charge in [-0.1, -0.05) is 26.8 Å². The molecule has 1 heterocycles. The van der Waals surface area contributed by atoms with Crippen LogP contribution in [0, 0.1) is 0 Å². The van der Waals surface area contributed by atoms with Crippen LogP contribution in [0.25, 0.3) is 0 Å². The van der Waals surface area contributed by atoms with Gasteiger partial charge in [0.15, 0.2) is 0 Å². The monoisotopic (exact) mass is 194 g/mol. The maximum absolute atomic E-state index is 11.6. The quantitative estimate of drug-likeness (QED) is 0.714. The number of rotatable bonds is 1. The fourth-order valence-electron chi connectivity index (χ4n) is 1.28. The Balaban J connectivity index is 3.21. The average molecular weight is 194 g/mol. The second-order valence-electron chi connectivity index (χ2n) is 4.70. The van der Waals surface area contributed by atoms with Crippen LogP contribution >= 0.6 is 0 Å². The SMILES string of the molecule is C[C@H](N)c1ccc(C(C)(C)C)[nH]c1=O. The highest BCUT2D eigenvalue weighted by atomic mass is 16.1. The van der Waals surface area contributed by atoms with E-state index >= 15 is 0 Å². The van der Waals surface area contributed by atoms with E-state index in [1.165, 1.54) is 0 Å². The zero-order chi connectivity index (χ0) is 10.9. The van der Waals surface area contributed by atoms with Crippen molar-refractivity contribution in [3.8, 4) is 0 Å². The summed E-state index contributed by atoms with van der Waals surface area (Å²) in [5.74, 6) is 0. The van der Waals surface area contributed by atoms with E-state index in [1.54, 1.807) is 6.92 Å². The summed E-state index contributed by atoms with van der Waals surface area (Å²) >= 11 is 0. The van der Waals surface area contributed by atoms with E-state index in [2.05, 4.69) is 25.8 Å². The third kappa shape index (κ3) is 2.23. The third-order valence-electron chi connectivity index (χ3n) is 2.24. The Kier molecular flexibility index (Phi) is 2.81. The van der Waals surface area contributed by atoms with Crippen molar-refractivity contribution in [2.45, 2.75) is 39.2 Å². The average Bonchev–Trinajstić information content (AvgIpc) is 2.01. The standard InChI is InChI=1S/C11H18N2O/c1-7(12)8-5-6-9(11(2,3)4)13-10(8)14/h5-7H,12H2,1-4H3,(H,13,14)/t7-/m0/s1. The molecule has 1 atom stereocenters. The van der Waals surface area contributed by atoms with Gasteiger partial charge in [-0.15, -0.1) is 0 Å². The van der Waals surface area contributed by atoms with Gasteiger partial charge in [0, 0.05) is 22.7 Å². The van der Waals surface area contributed by atoms with E-state index in [9.17, 15) is 4.79 Å². The Hall–Kier alpha value is -1.09. The Labute approximate surface area is 84.3 Å². The first-order valence-electron chi connectivity index (χ1n) is 4.81. The number of H-pyrrole nitrogens is 1. The molecule has 0 unspecified atom stereocenters. The molecule has 1 aromatic rings. The topological polar surface area (TPSA) is 58.9 Å². The van der Waals surface area contributed by atoms with Crippen molar-refractivity contribution in [1.29, 1.82) is 0 Å². The molecule has 0 aliphatic carbocycles. The molecule has 0 aliphatic heterocycles. The lowest BCUT2D eigenvalue weighted by molar-refractivity contribution is 0.565. The normalized spacial score (nSPS) is 14.1. The molecule has 0 amide bonds. The summed E-state index contributed by atoms with van der Waals surface area (Å²) in [7, 11) is 0. The number of nitrogens with one attached hydrogen (secondary N) is 1. The molecule has 1 rings (SSSR count). The highest BCUT2D eigenvalue weighted by Crippen LogP contribution is 2.19. The number of nitrogens with two attached hydrogens (primary N) is 1. The van der Waals surface area contributed by atoms with Crippen LogP contribution in [0.2, 0.25) is 0 Å². The molecule has 14 heavy (non-hydrogen) atoms. The van der Waals surface area contributed by atoms with Crippen molar-refractivity contribution in [3.05, 3.63) is 33.7 Å². The fourth-order valence-corrected chi connectivity index (χ4v) is 1.28. The molecular formula is C11H18N2O. The number of aromatic nitrogens is 1.